The van der Waals surface area contributed by atoms with Crippen LogP contribution < -0.4 is 4.52 Å². The van der Waals surface area contributed by atoms with Crippen LogP contribution in [-0.2, 0) is 25.7 Å². The lowest BCUT2D eigenvalue weighted by Gasteiger charge is -2.29. The molecule has 1 aromatic carbocycles. The van der Waals surface area contributed by atoms with Crippen molar-refractivity contribution in [1.29, 1.82) is 0 Å². The normalized spacial score (nSPS) is 15.8. The van der Waals surface area contributed by atoms with E-state index in [0.29, 0.717) is 24.7 Å². The van der Waals surface area contributed by atoms with Crippen LogP contribution in [0.25, 0.3) is 0 Å². The van der Waals surface area contributed by atoms with Gasteiger partial charge in [-0.25, -0.2) is 4.79 Å². The SMILES string of the molecule is CCOP(=S)(OCC)Oc1ccc(/C(C)=N/OC(=O)N(C)C2CCCCC2)cc1. The van der Waals surface area contributed by atoms with Gasteiger partial charge in [-0.1, -0.05) is 24.4 Å². The molecule has 1 aromatic rings. The van der Waals surface area contributed by atoms with Crippen LogP contribution in [0.4, 0.5) is 4.79 Å². The van der Waals surface area contributed by atoms with E-state index < -0.39 is 12.8 Å². The van der Waals surface area contributed by atoms with E-state index in [1.165, 1.54) is 6.42 Å². The third kappa shape index (κ3) is 7.37. The highest BCUT2D eigenvalue weighted by Gasteiger charge is 2.23. The number of rotatable bonds is 9. The standard InChI is InChI=1S/C20H31N2O5PS/c1-5-24-28(29,25-6-2)27-19-14-12-17(13-15-19)16(3)21-26-20(23)22(4)18-10-8-7-9-11-18/h12-15,18H,5-11H2,1-4H3/b21-16+. The molecule has 0 saturated heterocycles. The third-order valence-electron chi connectivity index (χ3n) is 4.73. The highest BCUT2D eigenvalue weighted by Crippen LogP contribution is 2.49. The van der Waals surface area contributed by atoms with Gasteiger partial charge in [0.2, 0.25) is 0 Å². The maximum atomic E-state index is 12.3. The van der Waals surface area contributed by atoms with Crippen LogP contribution in [0, 0.1) is 0 Å². The van der Waals surface area contributed by atoms with Gasteiger partial charge < -0.3 is 9.42 Å². The summed E-state index contributed by atoms with van der Waals surface area (Å²) in [7, 11) is 1.77. The van der Waals surface area contributed by atoms with Gasteiger partial charge in [0.25, 0.3) is 0 Å². The average Bonchev–Trinajstić information content (AvgIpc) is 2.72. The number of hydrogen-bond acceptors (Lipinski definition) is 7. The first-order valence-electron chi connectivity index (χ1n) is 10.1. The molecule has 0 aromatic heterocycles. The molecule has 9 heteroatoms. The Morgan fingerprint density at radius 3 is 2.28 bits per heavy atom. The second kappa shape index (κ2) is 11.6. The molecular formula is C20H31N2O5PS. The second-order valence-electron chi connectivity index (χ2n) is 6.84. The number of oxime groups is 1. The van der Waals surface area contributed by atoms with Crippen molar-refractivity contribution >= 4 is 30.3 Å². The molecule has 0 spiro atoms. The van der Waals surface area contributed by atoms with Crippen LogP contribution in [0.3, 0.4) is 0 Å². The van der Waals surface area contributed by atoms with Crippen LogP contribution in [0.1, 0.15) is 58.4 Å². The van der Waals surface area contributed by atoms with Crippen LogP contribution >= 0.6 is 6.72 Å². The van der Waals surface area contributed by atoms with Crippen molar-refractivity contribution in [2.24, 2.45) is 5.16 Å². The van der Waals surface area contributed by atoms with Gasteiger partial charge in [-0.05, 0) is 63.4 Å². The summed E-state index contributed by atoms with van der Waals surface area (Å²) in [5.41, 5.74) is 1.41. The van der Waals surface area contributed by atoms with Crippen molar-refractivity contribution < 1.29 is 23.2 Å². The predicted molar refractivity (Wildman–Crippen MR) is 118 cm³/mol. The van der Waals surface area contributed by atoms with Crippen molar-refractivity contribution in [3.05, 3.63) is 29.8 Å². The molecule has 7 nitrogen and oxygen atoms in total. The highest BCUT2D eigenvalue weighted by molar-refractivity contribution is 8.07. The molecule has 0 atom stereocenters. The maximum absolute atomic E-state index is 12.3. The van der Waals surface area contributed by atoms with Gasteiger partial charge in [-0.15, -0.1) is 0 Å². The summed E-state index contributed by atoms with van der Waals surface area (Å²) < 4.78 is 16.7. The molecule has 0 bridgehead atoms. The smallest absolute Gasteiger partial charge is 0.424 e. The van der Waals surface area contributed by atoms with E-state index in [1.54, 1.807) is 31.0 Å². The molecule has 2 rings (SSSR count). The lowest BCUT2D eigenvalue weighted by molar-refractivity contribution is 0.0917. The minimum Gasteiger partial charge on any atom is -0.424 e. The minimum absolute atomic E-state index is 0.237. The molecule has 0 radical (unpaired) electrons. The first kappa shape index (κ1) is 23.8. The molecule has 1 aliphatic rings. The quantitative estimate of drug-likeness (QED) is 0.218. The van der Waals surface area contributed by atoms with Crippen molar-refractivity contribution in [2.45, 2.75) is 58.9 Å². The lowest BCUT2D eigenvalue weighted by atomic mass is 9.95. The molecule has 0 N–H and O–H groups in total. The van der Waals surface area contributed by atoms with Gasteiger partial charge in [0.1, 0.15) is 5.75 Å². The van der Waals surface area contributed by atoms with Crippen LogP contribution in [0.15, 0.2) is 29.4 Å². The van der Waals surface area contributed by atoms with Crippen LogP contribution in [-0.4, -0.2) is 43.0 Å². The minimum atomic E-state index is -2.80. The molecule has 1 amide bonds. The van der Waals surface area contributed by atoms with E-state index >= 15 is 0 Å². The third-order valence-corrected chi connectivity index (χ3v) is 7.17. The Hall–Kier alpha value is -1.47. The van der Waals surface area contributed by atoms with Gasteiger partial charge >= 0.3 is 12.8 Å². The van der Waals surface area contributed by atoms with Crippen molar-refractivity contribution in [1.82, 2.24) is 4.90 Å². The topological polar surface area (TPSA) is 69.6 Å². The summed E-state index contributed by atoms with van der Waals surface area (Å²) in [5.74, 6) is 0.556. The summed E-state index contributed by atoms with van der Waals surface area (Å²) in [6, 6.07) is 7.42. The molecule has 1 aliphatic carbocycles. The Morgan fingerprint density at radius 2 is 1.72 bits per heavy atom. The summed E-state index contributed by atoms with van der Waals surface area (Å²) in [5, 5.41) is 3.99. The van der Waals surface area contributed by atoms with Gasteiger partial charge in [-0.3, -0.25) is 13.9 Å². The molecule has 29 heavy (non-hydrogen) atoms. The zero-order chi connectivity index (χ0) is 21.3. The van der Waals surface area contributed by atoms with Gasteiger partial charge in [0, 0.05) is 24.9 Å². The summed E-state index contributed by atoms with van der Waals surface area (Å²) in [6.45, 7) is 3.51. The first-order valence-corrected chi connectivity index (χ1v) is 12.6. The average molecular weight is 443 g/mol. The molecule has 1 fully saturated rings. The molecule has 0 aliphatic heterocycles. The Kier molecular flexibility index (Phi) is 9.56. The van der Waals surface area contributed by atoms with Crippen molar-refractivity contribution in [3.63, 3.8) is 0 Å². The Labute approximate surface area is 178 Å². The molecule has 1 saturated carbocycles. The number of hydrogen-bond donors (Lipinski definition) is 0. The predicted octanol–water partition coefficient (Wildman–Crippen LogP) is 5.49. The fourth-order valence-electron chi connectivity index (χ4n) is 3.13. The molecular weight excluding hydrogens is 411 g/mol. The summed E-state index contributed by atoms with van der Waals surface area (Å²) >= 11 is 5.37. The van der Waals surface area contributed by atoms with E-state index in [4.69, 9.17) is 30.2 Å². The number of nitrogens with zero attached hydrogens (tertiary/aromatic N) is 2. The van der Waals surface area contributed by atoms with Gasteiger partial charge in [0.15, 0.2) is 0 Å². The van der Waals surface area contributed by atoms with Crippen molar-refractivity contribution in [2.75, 3.05) is 20.3 Å². The zero-order valence-electron chi connectivity index (χ0n) is 17.6. The van der Waals surface area contributed by atoms with E-state index in [1.807, 2.05) is 26.0 Å². The number of carbonyl (C=O) groups excluding carboxylic acids is 1. The number of amides is 1. The highest BCUT2D eigenvalue weighted by atomic mass is 32.5. The Bertz CT molecular complexity index is 725. The monoisotopic (exact) mass is 442 g/mol. The van der Waals surface area contributed by atoms with Crippen molar-refractivity contribution in [3.8, 4) is 5.75 Å². The summed E-state index contributed by atoms with van der Waals surface area (Å²) in [6.07, 6.45) is 5.16. The van der Waals surface area contributed by atoms with Gasteiger partial charge in [0.05, 0.1) is 18.9 Å². The molecule has 162 valence electrons. The van der Waals surface area contributed by atoms with E-state index in [2.05, 4.69) is 5.16 Å². The van der Waals surface area contributed by atoms with E-state index in [9.17, 15) is 4.79 Å². The van der Waals surface area contributed by atoms with Gasteiger partial charge in [-0.2, -0.15) is 0 Å². The fraction of sp³-hybridized carbons (Fsp3) is 0.600. The zero-order valence-corrected chi connectivity index (χ0v) is 19.3. The Morgan fingerprint density at radius 1 is 1.14 bits per heavy atom. The number of carbonyl (C=O) groups is 1. The largest absolute Gasteiger partial charge is 0.435 e. The van der Waals surface area contributed by atoms with Crippen LogP contribution in [0.2, 0.25) is 0 Å². The van der Waals surface area contributed by atoms with E-state index in [0.717, 1.165) is 31.2 Å². The Balaban J connectivity index is 1.95. The van der Waals surface area contributed by atoms with E-state index in [-0.39, 0.29) is 6.04 Å². The molecule has 0 heterocycles. The number of benzene rings is 1. The fourth-order valence-corrected chi connectivity index (χ4v) is 5.22. The molecule has 0 unspecified atom stereocenters. The lowest BCUT2D eigenvalue weighted by Crippen LogP contribution is -2.38. The van der Waals surface area contributed by atoms with Crippen LogP contribution in [0.5, 0.6) is 5.75 Å². The first-order chi connectivity index (χ1) is 13.9. The summed E-state index contributed by atoms with van der Waals surface area (Å²) in [4.78, 5) is 19.0. The maximum Gasteiger partial charge on any atom is 0.435 e. The second-order valence-corrected chi connectivity index (χ2v) is 9.77.